The van der Waals surface area contributed by atoms with Crippen LogP contribution < -0.4 is 9.47 Å². The van der Waals surface area contributed by atoms with Crippen LogP contribution in [0.1, 0.15) is 10.4 Å². The normalized spacial score (nSPS) is 10.2. The maximum absolute atomic E-state index is 11.1. The summed E-state index contributed by atoms with van der Waals surface area (Å²) in [6.45, 7) is 0.131. The highest BCUT2D eigenvalue weighted by atomic mass is 79.9. The zero-order chi connectivity index (χ0) is 13.5. The molecule has 0 saturated heterocycles. The van der Waals surface area contributed by atoms with Gasteiger partial charge in [-0.1, -0.05) is 0 Å². The highest BCUT2D eigenvalue weighted by molar-refractivity contribution is 9.11. The fourth-order valence-corrected chi connectivity index (χ4v) is 2.24. The van der Waals surface area contributed by atoms with Gasteiger partial charge >= 0.3 is 0 Å². The number of carbonyl (C=O) groups is 1. The van der Waals surface area contributed by atoms with Crippen LogP contribution in [0.4, 0.5) is 0 Å². The lowest BCUT2D eigenvalue weighted by Crippen LogP contribution is -2.05. The Labute approximate surface area is 122 Å². The molecule has 0 amide bonds. The van der Waals surface area contributed by atoms with E-state index in [1.165, 1.54) is 14.2 Å². The van der Waals surface area contributed by atoms with E-state index in [1.54, 1.807) is 6.07 Å². The van der Waals surface area contributed by atoms with Gasteiger partial charge < -0.3 is 18.9 Å². The average molecular weight is 384 g/mol. The number of hydrogen-bond donors (Lipinski definition) is 0. The molecule has 0 aliphatic rings. The van der Waals surface area contributed by atoms with E-state index in [9.17, 15) is 4.79 Å². The molecule has 0 aromatic heterocycles. The molecule has 18 heavy (non-hydrogen) atoms. The number of ether oxygens (including phenoxy) is 4. The van der Waals surface area contributed by atoms with Crippen LogP contribution in [0.3, 0.4) is 0 Å². The van der Waals surface area contributed by atoms with Crippen LogP contribution >= 0.6 is 31.9 Å². The summed E-state index contributed by atoms with van der Waals surface area (Å²) in [5.41, 5.74) is 0.340. The first-order valence-electron chi connectivity index (χ1n) is 4.86. The molecule has 0 unspecified atom stereocenters. The van der Waals surface area contributed by atoms with Crippen molar-refractivity contribution in [2.45, 2.75) is 0 Å². The highest BCUT2D eigenvalue weighted by Gasteiger charge is 2.17. The fourth-order valence-electron chi connectivity index (χ4n) is 1.20. The average Bonchev–Trinajstić information content (AvgIpc) is 2.37. The van der Waals surface area contributed by atoms with Gasteiger partial charge in [0, 0.05) is 14.2 Å². The highest BCUT2D eigenvalue weighted by Crippen LogP contribution is 2.40. The third kappa shape index (κ3) is 3.68. The van der Waals surface area contributed by atoms with Crippen molar-refractivity contribution in [3.8, 4) is 11.5 Å². The molecule has 0 heterocycles. The van der Waals surface area contributed by atoms with E-state index in [0.29, 0.717) is 32.3 Å². The largest absolute Gasteiger partial charge is 0.466 e. The summed E-state index contributed by atoms with van der Waals surface area (Å²) in [7, 11) is 3.01. The molecule has 0 radical (unpaired) electrons. The lowest BCUT2D eigenvalue weighted by molar-refractivity contribution is 0.0469. The number of rotatable bonds is 7. The molecule has 0 aliphatic heterocycles. The molecule has 0 atom stereocenters. The van der Waals surface area contributed by atoms with Crippen molar-refractivity contribution in [1.29, 1.82) is 0 Å². The van der Waals surface area contributed by atoms with Crippen molar-refractivity contribution in [2.24, 2.45) is 0 Å². The number of benzene rings is 1. The summed E-state index contributed by atoms with van der Waals surface area (Å²) >= 11 is 6.61. The van der Waals surface area contributed by atoms with E-state index in [0.717, 1.165) is 0 Å². The predicted molar refractivity (Wildman–Crippen MR) is 72.2 cm³/mol. The topological polar surface area (TPSA) is 54.0 Å². The van der Waals surface area contributed by atoms with Gasteiger partial charge in [0.2, 0.25) is 0 Å². The summed E-state index contributed by atoms with van der Waals surface area (Å²) in [6.07, 6.45) is 0.680. The molecule has 5 nitrogen and oxygen atoms in total. The smallest absolute Gasteiger partial charge is 0.188 e. The Morgan fingerprint density at radius 1 is 1.17 bits per heavy atom. The Morgan fingerprint density at radius 2 is 1.78 bits per heavy atom. The summed E-state index contributed by atoms with van der Waals surface area (Å²) in [5, 5.41) is 0. The molecule has 0 spiro atoms. The molecular weight excluding hydrogens is 372 g/mol. The molecule has 0 N–H and O–H groups in total. The summed E-state index contributed by atoms with van der Waals surface area (Å²) in [4.78, 5) is 11.1. The van der Waals surface area contributed by atoms with Gasteiger partial charge in [-0.2, -0.15) is 0 Å². The molecule has 1 aromatic carbocycles. The van der Waals surface area contributed by atoms with Gasteiger partial charge in [0.05, 0.1) is 14.5 Å². The Morgan fingerprint density at radius 3 is 2.33 bits per heavy atom. The first kappa shape index (κ1) is 15.4. The molecule has 1 aromatic rings. The van der Waals surface area contributed by atoms with Crippen molar-refractivity contribution in [2.75, 3.05) is 27.8 Å². The minimum atomic E-state index is 0.0458. The second-order valence-electron chi connectivity index (χ2n) is 3.13. The Hall–Kier alpha value is -0.630. The number of halogens is 2. The van der Waals surface area contributed by atoms with Crippen molar-refractivity contribution < 1.29 is 23.7 Å². The summed E-state index contributed by atoms with van der Waals surface area (Å²) in [5.74, 6) is 0.874. The van der Waals surface area contributed by atoms with Crippen molar-refractivity contribution in [3.05, 3.63) is 20.6 Å². The summed E-state index contributed by atoms with van der Waals surface area (Å²) < 4.78 is 21.4. The van der Waals surface area contributed by atoms with Crippen LogP contribution in [0.15, 0.2) is 15.0 Å². The van der Waals surface area contributed by atoms with Crippen LogP contribution in [-0.2, 0) is 9.47 Å². The minimum absolute atomic E-state index is 0.0458. The van der Waals surface area contributed by atoms with E-state index in [-0.39, 0.29) is 13.6 Å². The van der Waals surface area contributed by atoms with E-state index >= 15 is 0 Å². The first-order chi connectivity index (χ1) is 8.65. The molecule has 100 valence electrons. The molecule has 0 fully saturated rings. The van der Waals surface area contributed by atoms with Gasteiger partial charge in [0.15, 0.2) is 19.9 Å². The van der Waals surface area contributed by atoms with Gasteiger partial charge in [0.1, 0.15) is 11.5 Å². The first-order valence-corrected chi connectivity index (χ1v) is 6.45. The second-order valence-corrected chi connectivity index (χ2v) is 4.78. The van der Waals surface area contributed by atoms with Crippen LogP contribution in [0.25, 0.3) is 0 Å². The Balaban J connectivity index is 3.13. The number of hydrogen-bond acceptors (Lipinski definition) is 5. The van der Waals surface area contributed by atoms with E-state index in [2.05, 4.69) is 31.9 Å². The zero-order valence-corrected chi connectivity index (χ0v) is 13.0. The standard InChI is InChI=1S/C11H12Br2O5/c1-15-5-17-9-3-8(12)11(18-6-16-2)7(4-14)10(9)13/h3-4H,5-6H2,1-2H3. The van der Waals surface area contributed by atoms with Gasteiger partial charge in [-0.25, -0.2) is 0 Å². The van der Waals surface area contributed by atoms with Crippen LogP contribution in [0, 0.1) is 0 Å². The van der Waals surface area contributed by atoms with Gasteiger partial charge in [-0.05, 0) is 37.9 Å². The van der Waals surface area contributed by atoms with Crippen molar-refractivity contribution in [3.63, 3.8) is 0 Å². The van der Waals surface area contributed by atoms with Crippen molar-refractivity contribution in [1.82, 2.24) is 0 Å². The maximum Gasteiger partial charge on any atom is 0.188 e. The fraction of sp³-hybridized carbons (Fsp3) is 0.364. The molecule has 0 saturated carbocycles. The number of carbonyl (C=O) groups excluding carboxylic acids is 1. The van der Waals surface area contributed by atoms with Crippen LogP contribution in [0.2, 0.25) is 0 Å². The minimum Gasteiger partial charge on any atom is -0.466 e. The zero-order valence-electron chi connectivity index (χ0n) is 9.87. The third-order valence-corrected chi connectivity index (χ3v) is 3.35. The van der Waals surface area contributed by atoms with E-state index in [1.807, 2.05) is 0 Å². The molecule has 0 bridgehead atoms. The SMILES string of the molecule is COCOc1cc(Br)c(OCOC)c(C=O)c1Br. The van der Waals surface area contributed by atoms with Crippen LogP contribution in [0.5, 0.6) is 11.5 Å². The molecule has 7 heteroatoms. The molecule has 0 aliphatic carbocycles. The Kier molecular flexibility index (Phi) is 6.62. The van der Waals surface area contributed by atoms with Crippen molar-refractivity contribution >= 4 is 38.1 Å². The summed E-state index contributed by atoms with van der Waals surface area (Å²) in [6, 6.07) is 1.68. The number of methoxy groups -OCH3 is 2. The van der Waals surface area contributed by atoms with E-state index in [4.69, 9.17) is 18.9 Å². The van der Waals surface area contributed by atoms with Gasteiger partial charge in [-0.3, -0.25) is 4.79 Å². The third-order valence-electron chi connectivity index (χ3n) is 1.94. The molecule has 1 rings (SSSR count). The van der Waals surface area contributed by atoms with Gasteiger partial charge in [0.25, 0.3) is 0 Å². The maximum atomic E-state index is 11.1. The quantitative estimate of drug-likeness (QED) is 0.535. The van der Waals surface area contributed by atoms with Gasteiger partial charge in [-0.15, -0.1) is 0 Å². The predicted octanol–water partition coefficient (Wildman–Crippen LogP) is 2.99. The monoisotopic (exact) mass is 382 g/mol. The molecular formula is C11H12Br2O5. The van der Waals surface area contributed by atoms with E-state index < -0.39 is 0 Å². The second kappa shape index (κ2) is 7.73. The lowest BCUT2D eigenvalue weighted by atomic mass is 10.2. The lowest BCUT2D eigenvalue weighted by Gasteiger charge is -2.14. The van der Waals surface area contributed by atoms with Crippen LogP contribution in [-0.4, -0.2) is 34.1 Å². The number of aldehydes is 1. The Bertz CT molecular complexity index is 422.